The van der Waals surface area contributed by atoms with Gasteiger partial charge in [0.2, 0.25) is 0 Å². The second-order valence-electron chi connectivity index (χ2n) is 4.93. The Kier molecular flexibility index (Phi) is 4.50. The van der Waals surface area contributed by atoms with E-state index in [4.69, 9.17) is 14.6 Å². The van der Waals surface area contributed by atoms with Gasteiger partial charge < -0.3 is 19.7 Å². The average molecular weight is 230 g/mol. The summed E-state index contributed by atoms with van der Waals surface area (Å²) in [5.41, 5.74) is -0.00719. The topological polar surface area (TPSA) is 58.9 Å². The van der Waals surface area contributed by atoms with Crippen LogP contribution in [0.4, 0.5) is 0 Å². The van der Waals surface area contributed by atoms with Gasteiger partial charge in [0.05, 0.1) is 24.4 Å². The third kappa shape index (κ3) is 3.28. The van der Waals surface area contributed by atoms with Crippen molar-refractivity contribution in [2.24, 2.45) is 0 Å². The van der Waals surface area contributed by atoms with Crippen molar-refractivity contribution in [1.29, 1.82) is 0 Å². The van der Waals surface area contributed by atoms with Crippen molar-refractivity contribution < 1.29 is 19.7 Å². The van der Waals surface area contributed by atoms with Crippen molar-refractivity contribution in [1.82, 2.24) is 0 Å². The van der Waals surface area contributed by atoms with Crippen LogP contribution in [0.5, 0.6) is 0 Å². The minimum absolute atomic E-state index is 0.0373. The van der Waals surface area contributed by atoms with Crippen LogP contribution in [0.15, 0.2) is 12.2 Å². The molecule has 1 rings (SSSR count). The SMILES string of the molecule is C=C(C)C(O)OC(C)(C)C1CC[C@@H](CO)O1. The van der Waals surface area contributed by atoms with Crippen LogP contribution >= 0.6 is 0 Å². The first-order valence-corrected chi connectivity index (χ1v) is 5.64. The second kappa shape index (κ2) is 5.27. The highest BCUT2D eigenvalue weighted by atomic mass is 16.6. The van der Waals surface area contributed by atoms with E-state index in [9.17, 15) is 5.11 Å². The van der Waals surface area contributed by atoms with Gasteiger partial charge in [-0.05, 0) is 39.2 Å². The lowest BCUT2D eigenvalue weighted by Gasteiger charge is -2.33. The maximum absolute atomic E-state index is 9.62. The zero-order chi connectivity index (χ0) is 12.3. The zero-order valence-electron chi connectivity index (χ0n) is 10.3. The minimum Gasteiger partial charge on any atom is -0.394 e. The Hall–Kier alpha value is -0.420. The predicted octanol–water partition coefficient (Wildman–Crippen LogP) is 1.22. The smallest absolute Gasteiger partial charge is 0.177 e. The number of aliphatic hydroxyl groups is 2. The normalized spacial score (nSPS) is 28.1. The molecule has 0 saturated carbocycles. The van der Waals surface area contributed by atoms with E-state index in [1.165, 1.54) is 0 Å². The maximum Gasteiger partial charge on any atom is 0.177 e. The molecule has 94 valence electrons. The highest BCUT2D eigenvalue weighted by Crippen LogP contribution is 2.31. The van der Waals surface area contributed by atoms with Gasteiger partial charge in [-0.3, -0.25) is 0 Å². The molecule has 3 atom stereocenters. The molecule has 1 fully saturated rings. The molecule has 2 unspecified atom stereocenters. The molecule has 0 radical (unpaired) electrons. The molecule has 1 heterocycles. The Labute approximate surface area is 96.9 Å². The molecule has 4 nitrogen and oxygen atoms in total. The van der Waals surface area contributed by atoms with Crippen molar-refractivity contribution in [3.05, 3.63) is 12.2 Å². The molecule has 16 heavy (non-hydrogen) atoms. The first-order chi connectivity index (χ1) is 7.36. The van der Waals surface area contributed by atoms with Gasteiger partial charge in [0, 0.05) is 0 Å². The summed E-state index contributed by atoms with van der Waals surface area (Å²) >= 11 is 0. The summed E-state index contributed by atoms with van der Waals surface area (Å²) in [6.45, 7) is 9.15. The van der Waals surface area contributed by atoms with E-state index in [2.05, 4.69) is 6.58 Å². The average Bonchev–Trinajstić information content (AvgIpc) is 2.65. The summed E-state index contributed by atoms with van der Waals surface area (Å²) in [5, 5.41) is 18.6. The van der Waals surface area contributed by atoms with Crippen LogP contribution in [0.25, 0.3) is 0 Å². The molecule has 1 saturated heterocycles. The van der Waals surface area contributed by atoms with Crippen molar-refractivity contribution in [2.45, 2.75) is 57.7 Å². The van der Waals surface area contributed by atoms with Crippen LogP contribution in [0.3, 0.4) is 0 Å². The van der Waals surface area contributed by atoms with Crippen molar-refractivity contribution in [2.75, 3.05) is 6.61 Å². The van der Waals surface area contributed by atoms with Gasteiger partial charge in [0.25, 0.3) is 0 Å². The number of aliphatic hydroxyl groups excluding tert-OH is 2. The van der Waals surface area contributed by atoms with E-state index >= 15 is 0 Å². The van der Waals surface area contributed by atoms with Gasteiger partial charge in [-0.1, -0.05) is 6.58 Å². The van der Waals surface area contributed by atoms with E-state index in [-0.39, 0.29) is 18.8 Å². The lowest BCUT2D eigenvalue weighted by atomic mass is 9.98. The summed E-state index contributed by atoms with van der Waals surface area (Å²) in [6.07, 6.45) is 0.499. The second-order valence-corrected chi connectivity index (χ2v) is 4.93. The number of hydrogen-bond donors (Lipinski definition) is 2. The van der Waals surface area contributed by atoms with Crippen LogP contribution in [0.1, 0.15) is 33.6 Å². The van der Waals surface area contributed by atoms with Crippen LogP contribution in [-0.2, 0) is 9.47 Å². The fourth-order valence-electron chi connectivity index (χ4n) is 1.82. The van der Waals surface area contributed by atoms with Gasteiger partial charge >= 0.3 is 0 Å². The molecule has 0 bridgehead atoms. The molecule has 0 amide bonds. The van der Waals surface area contributed by atoms with E-state index in [0.29, 0.717) is 5.57 Å². The molecule has 1 aliphatic rings. The summed E-state index contributed by atoms with van der Waals surface area (Å²) < 4.78 is 11.2. The van der Waals surface area contributed by atoms with Crippen molar-refractivity contribution in [3.63, 3.8) is 0 Å². The van der Waals surface area contributed by atoms with E-state index < -0.39 is 11.9 Å². The van der Waals surface area contributed by atoms with Gasteiger partial charge in [0.1, 0.15) is 0 Å². The summed E-state index contributed by atoms with van der Waals surface area (Å²) in [6, 6.07) is 0. The molecule has 2 N–H and O–H groups in total. The fraction of sp³-hybridized carbons (Fsp3) is 0.833. The summed E-state index contributed by atoms with van der Waals surface area (Å²) in [4.78, 5) is 0. The molecule has 0 aromatic rings. The summed E-state index contributed by atoms with van der Waals surface area (Å²) in [7, 11) is 0. The van der Waals surface area contributed by atoms with Crippen LogP contribution in [0, 0.1) is 0 Å². The molecule has 0 spiro atoms. The Bertz CT molecular complexity index is 249. The molecular formula is C12H22O4. The largest absolute Gasteiger partial charge is 0.394 e. The highest BCUT2D eigenvalue weighted by molar-refractivity contribution is 4.95. The minimum atomic E-state index is -0.966. The first kappa shape index (κ1) is 13.6. The first-order valence-electron chi connectivity index (χ1n) is 5.64. The molecular weight excluding hydrogens is 208 g/mol. The van der Waals surface area contributed by atoms with Gasteiger partial charge in [-0.2, -0.15) is 0 Å². The lowest BCUT2D eigenvalue weighted by molar-refractivity contribution is -0.198. The lowest BCUT2D eigenvalue weighted by Crippen LogP contribution is -2.42. The summed E-state index contributed by atoms with van der Waals surface area (Å²) in [5.74, 6) is 0. The predicted molar refractivity (Wildman–Crippen MR) is 61.0 cm³/mol. The number of ether oxygens (including phenoxy) is 2. The van der Waals surface area contributed by atoms with Gasteiger partial charge in [-0.15, -0.1) is 0 Å². The number of rotatable bonds is 5. The molecule has 1 aliphatic heterocycles. The Morgan fingerprint density at radius 3 is 2.62 bits per heavy atom. The number of hydrogen-bond acceptors (Lipinski definition) is 4. The molecule has 0 aliphatic carbocycles. The Morgan fingerprint density at radius 1 is 1.56 bits per heavy atom. The molecule has 0 aromatic carbocycles. The van der Waals surface area contributed by atoms with Gasteiger partial charge in [0.15, 0.2) is 6.29 Å². The highest BCUT2D eigenvalue weighted by Gasteiger charge is 2.39. The maximum atomic E-state index is 9.62. The van der Waals surface area contributed by atoms with Crippen LogP contribution in [-0.4, -0.2) is 40.9 Å². The quantitative estimate of drug-likeness (QED) is 0.550. The van der Waals surface area contributed by atoms with Crippen molar-refractivity contribution >= 4 is 0 Å². The van der Waals surface area contributed by atoms with Gasteiger partial charge in [-0.25, -0.2) is 0 Å². The Morgan fingerprint density at radius 2 is 2.19 bits per heavy atom. The zero-order valence-corrected chi connectivity index (χ0v) is 10.3. The van der Waals surface area contributed by atoms with Crippen LogP contribution < -0.4 is 0 Å². The van der Waals surface area contributed by atoms with E-state index in [0.717, 1.165) is 12.8 Å². The standard InChI is InChI=1S/C12H22O4/c1-8(2)11(14)16-12(3,4)10-6-5-9(7-13)15-10/h9-11,13-14H,1,5-7H2,2-4H3/t9-,10?,11?/m0/s1. The Balaban J connectivity index is 2.54. The third-order valence-corrected chi connectivity index (χ3v) is 2.92. The van der Waals surface area contributed by atoms with Crippen LogP contribution in [0.2, 0.25) is 0 Å². The van der Waals surface area contributed by atoms with E-state index in [1.807, 2.05) is 13.8 Å². The van der Waals surface area contributed by atoms with Crippen molar-refractivity contribution in [3.8, 4) is 0 Å². The van der Waals surface area contributed by atoms with E-state index in [1.54, 1.807) is 6.92 Å². The molecule has 0 aromatic heterocycles. The monoisotopic (exact) mass is 230 g/mol. The third-order valence-electron chi connectivity index (χ3n) is 2.92. The fourth-order valence-corrected chi connectivity index (χ4v) is 1.82. The molecule has 4 heteroatoms.